The van der Waals surface area contributed by atoms with E-state index in [-0.39, 0.29) is 24.4 Å². The Morgan fingerprint density at radius 2 is 1.87 bits per heavy atom. The van der Waals surface area contributed by atoms with Crippen LogP contribution >= 0.6 is 12.6 Å². The first-order chi connectivity index (χ1) is 14.9. The third-order valence-electron chi connectivity index (χ3n) is 4.99. The quantitative estimate of drug-likeness (QED) is 0.254. The molecule has 5 nitrogen and oxygen atoms in total. The lowest BCUT2D eigenvalue weighted by atomic mass is 9.80. The molecule has 9 heteroatoms. The van der Waals surface area contributed by atoms with Gasteiger partial charge in [0.25, 0.3) is 7.41 Å². The van der Waals surface area contributed by atoms with E-state index in [0.717, 1.165) is 12.1 Å². The van der Waals surface area contributed by atoms with Gasteiger partial charge in [-0.3, -0.25) is 9.59 Å². The number of thiol groups is 1. The van der Waals surface area contributed by atoms with Crippen LogP contribution in [0.3, 0.4) is 0 Å². The average Bonchev–Trinajstić information content (AvgIpc) is 2.77. The smallest absolute Gasteiger partial charge is 0.273 e. The van der Waals surface area contributed by atoms with Gasteiger partial charge in [0.2, 0.25) is 11.3 Å². The van der Waals surface area contributed by atoms with E-state index in [1.165, 1.54) is 12.1 Å². The Hall–Kier alpha value is -3.17. The molecule has 0 unspecified atom stereocenters. The molecule has 0 saturated heterocycles. The number of amides is 1. The van der Waals surface area contributed by atoms with E-state index in [1.54, 1.807) is 12.1 Å². The van der Waals surface area contributed by atoms with Gasteiger partial charge >= 0.3 is 0 Å². The zero-order chi connectivity index (χ0) is 22.1. The van der Waals surface area contributed by atoms with Crippen molar-refractivity contribution in [3.8, 4) is 22.5 Å². The van der Waals surface area contributed by atoms with E-state index < -0.39 is 29.0 Å². The molecule has 1 heterocycles. The number of rotatable bonds is 5. The van der Waals surface area contributed by atoms with E-state index in [4.69, 9.17) is 10.2 Å². The van der Waals surface area contributed by atoms with Gasteiger partial charge in [-0.25, -0.2) is 8.78 Å². The normalized spacial score (nSPS) is 12.1. The molecule has 3 N–H and O–H groups in total. The topological polar surface area (TPSA) is 85.3 Å². The van der Waals surface area contributed by atoms with Crippen LogP contribution in [0.5, 0.6) is 0 Å². The molecule has 0 radical (unpaired) electrons. The van der Waals surface area contributed by atoms with E-state index in [1.807, 2.05) is 18.2 Å². The summed E-state index contributed by atoms with van der Waals surface area (Å²) in [6.45, 7) is 0. The number of nitrogens with one attached hydrogen (secondary N) is 1. The van der Waals surface area contributed by atoms with E-state index in [2.05, 4.69) is 17.9 Å². The lowest BCUT2D eigenvalue weighted by Crippen LogP contribution is -2.46. The van der Waals surface area contributed by atoms with Gasteiger partial charge in [-0.1, -0.05) is 30.3 Å². The van der Waals surface area contributed by atoms with Gasteiger partial charge in [0.15, 0.2) is 5.82 Å². The first-order valence-electron chi connectivity index (χ1n) is 9.47. The van der Waals surface area contributed by atoms with Crippen molar-refractivity contribution in [2.24, 2.45) is 5.73 Å². The molecule has 1 aliphatic carbocycles. The molecule has 1 amide bonds. The number of carbonyl (C=O) groups is 1. The lowest BCUT2D eigenvalue weighted by molar-refractivity contribution is -0.120. The van der Waals surface area contributed by atoms with Crippen molar-refractivity contribution in [2.45, 2.75) is 6.04 Å². The van der Waals surface area contributed by atoms with Crippen LogP contribution in [-0.2, 0) is 4.79 Å². The molecule has 0 bridgehead atoms. The largest absolute Gasteiger partial charge is 0.456 e. The third kappa shape index (κ3) is 4.06. The highest BCUT2D eigenvalue weighted by Gasteiger charge is 2.21. The minimum absolute atomic E-state index is 0.105. The highest BCUT2D eigenvalue weighted by atomic mass is 32.1. The van der Waals surface area contributed by atoms with E-state index >= 15 is 0 Å². The molecule has 2 aromatic rings. The zero-order valence-electron chi connectivity index (χ0n) is 16.2. The van der Waals surface area contributed by atoms with Crippen molar-refractivity contribution in [2.75, 3.05) is 5.75 Å². The van der Waals surface area contributed by atoms with Crippen LogP contribution in [0, 0.1) is 11.6 Å². The van der Waals surface area contributed by atoms with Crippen LogP contribution in [0.1, 0.15) is 0 Å². The van der Waals surface area contributed by atoms with Crippen LogP contribution in [0.2, 0.25) is 0 Å². The number of hydrogen-bond acceptors (Lipinski definition) is 5. The number of halogens is 2. The van der Waals surface area contributed by atoms with Crippen LogP contribution in [0.25, 0.3) is 33.4 Å². The minimum Gasteiger partial charge on any atom is -0.456 e. The van der Waals surface area contributed by atoms with Gasteiger partial charge in [-0.2, -0.15) is 12.6 Å². The number of fused-ring (bicyclic) bond motifs is 2. The Balaban J connectivity index is 1.91. The Kier molecular flexibility index (Phi) is 5.80. The summed E-state index contributed by atoms with van der Waals surface area (Å²) in [6, 6.07) is 13.2. The number of nitrogens with two attached hydrogens (primary N) is 1. The molecule has 0 saturated carbocycles. The minimum atomic E-state index is -0.917. The number of benzene rings is 3. The number of carbonyl (C=O) groups excluding carboxylic acids is 1. The van der Waals surface area contributed by atoms with Crippen molar-refractivity contribution >= 4 is 42.4 Å². The lowest BCUT2D eigenvalue weighted by Gasteiger charge is -2.16. The fourth-order valence-corrected chi connectivity index (χ4v) is 3.57. The molecule has 156 valence electrons. The Bertz CT molecular complexity index is 1310. The van der Waals surface area contributed by atoms with E-state index in [0.29, 0.717) is 27.7 Å². The summed E-state index contributed by atoms with van der Waals surface area (Å²) in [6.07, 6.45) is 0. The van der Waals surface area contributed by atoms with Gasteiger partial charge in [0.05, 0.1) is 6.04 Å². The SMILES string of the molecule is N[C@H](CS)C(=O)NBc1cc2oc3cc(=O)c(F)cc-3c(-c3ccccc3)c2cc1F. The maximum absolute atomic E-state index is 14.9. The van der Waals surface area contributed by atoms with Gasteiger partial charge in [-0.15, -0.1) is 0 Å². The maximum Gasteiger partial charge on any atom is 0.273 e. The summed E-state index contributed by atoms with van der Waals surface area (Å²) in [5.41, 5.74) is 6.91. The van der Waals surface area contributed by atoms with Crippen molar-refractivity contribution in [1.82, 2.24) is 5.23 Å². The van der Waals surface area contributed by atoms with Gasteiger partial charge in [0.1, 0.15) is 17.2 Å². The molecule has 1 aliphatic heterocycles. The second-order valence-corrected chi connectivity index (χ2v) is 7.43. The Morgan fingerprint density at radius 1 is 1.13 bits per heavy atom. The summed E-state index contributed by atoms with van der Waals surface area (Å²) in [5, 5.41) is 2.97. The predicted molar refractivity (Wildman–Crippen MR) is 121 cm³/mol. The molecule has 4 rings (SSSR count). The molecule has 1 atom stereocenters. The Labute approximate surface area is 182 Å². The van der Waals surface area contributed by atoms with Crippen molar-refractivity contribution in [3.63, 3.8) is 0 Å². The second-order valence-electron chi connectivity index (χ2n) is 7.07. The third-order valence-corrected chi connectivity index (χ3v) is 5.38. The maximum atomic E-state index is 14.9. The molecule has 2 aliphatic rings. The summed E-state index contributed by atoms with van der Waals surface area (Å²) in [7, 11) is -0.105. The van der Waals surface area contributed by atoms with Crippen LogP contribution < -0.4 is 21.9 Å². The van der Waals surface area contributed by atoms with E-state index in [9.17, 15) is 18.4 Å². The highest BCUT2D eigenvalue weighted by molar-refractivity contribution is 7.80. The summed E-state index contributed by atoms with van der Waals surface area (Å²) in [4.78, 5) is 23.8. The number of hydrogen-bond donors (Lipinski definition) is 3. The molecule has 0 aromatic heterocycles. The first-order valence-corrected chi connectivity index (χ1v) is 10.1. The zero-order valence-corrected chi connectivity index (χ0v) is 17.1. The van der Waals surface area contributed by atoms with Crippen molar-refractivity contribution in [1.29, 1.82) is 0 Å². The monoisotopic (exact) mass is 438 g/mol. The van der Waals surface area contributed by atoms with Crippen LogP contribution in [-0.4, -0.2) is 25.1 Å². The van der Waals surface area contributed by atoms with Crippen LogP contribution in [0.4, 0.5) is 8.78 Å². The van der Waals surface area contributed by atoms with Gasteiger partial charge in [0, 0.05) is 28.3 Å². The summed E-state index contributed by atoms with van der Waals surface area (Å²) < 4.78 is 34.8. The molecular weight excluding hydrogens is 421 g/mol. The summed E-state index contributed by atoms with van der Waals surface area (Å²) >= 11 is 3.97. The predicted octanol–water partition coefficient (Wildman–Crippen LogP) is 2.19. The average molecular weight is 438 g/mol. The summed E-state index contributed by atoms with van der Waals surface area (Å²) in [5.74, 6) is -1.61. The highest BCUT2D eigenvalue weighted by Crippen LogP contribution is 2.39. The molecule has 0 spiro atoms. The van der Waals surface area contributed by atoms with Gasteiger partial charge in [-0.05, 0) is 29.2 Å². The Morgan fingerprint density at radius 3 is 2.58 bits per heavy atom. The van der Waals surface area contributed by atoms with Crippen LogP contribution in [0.15, 0.2) is 63.8 Å². The fraction of sp³-hybridized carbons (Fsp3) is 0.0909. The first kappa shape index (κ1) is 21.1. The van der Waals surface area contributed by atoms with Crippen molar-refractivity contribution in [3.05, 3.63) is 76.5 Å². The van der Waals surface area contributed by atoms with Crippen molar-refractivity contribution < 1.29 is 18.0 Å². The molecule has 31 heavy (non-hydrogen) atoms. The fourth-order valence-electron chi connectivity index (χ4n) is 3.40. The van der Waals surface area contributed by atoms with Gasteiger partial charge < -0.3 is 15.4 Å². The second kappa shape index (κ2) is 8.53. The molecular formula is C22H17BF2N2O3S. The molecule has 2 aromatic carbocycles. The molecule has 0 fully saturated rings. The standard InChI is InChI=1S/C22H17BF2N2O3S/c24-15-6-12-19(8-14(15)23-27-22(29)17(26)10-31)30-20-9-18(28)16(25)7-13(20)21(12)11-4-2-1-3-5-11/h1-9,17,23,31H,10,26H2,(H,27,29)/t17-/m1/s1.